The van der Waals surface area contributed by atoms with E-state index in [9.17, 15) is 0 Å². The van der Waals surface area contributed by atoms with Crippen LogP contribution in [0, 0.1) is 40.4 Å². The minimum Gasteiger partial charge on any atom is -0.381 e. The average molecular weight is 396 g/mol. The maximum atomic E-state index is 4.58. The summed E-state index contributed by atoms with van der Waals surface area (Å²) in [7, 11) is 0. The van der Waals surface area contributed by atoms with Gasteiger partial charge in [0, 0.05) is 17.7 Å². The Labute approximate surface area is 181 Å². The molecule has 0 radical (unpaired) electrons. The zero-order valence-electron chi connectivity index (χ0n) is 20.5. The van der Waals surface area contributed by atoms with E-state index in [0.717, 1.165) is 0 Å². The molecule has 0 bridgehead atoms. The second-order valence-corrected chi connectivity index (χ2v) is 10.9. The van der Waals surface area contributed by atoms with E-state index in [1.165, 1.54) is 23.3 Å². The van der Waals surface area contributed by atoms with Crippen LogP contribution >= 0.6 is 0 Å². The van der Waals surface area contributed by atoms with Crippen LogP contribution in [-0.4, -0.2) is 6.04 Å². The topological polar surface area (TPSA) is 12.0 Å². The molecule has 1 aliphatic heterocycles. The normalized spacial score (nSPS) is 34.1. The molecule has 2 rings (SSSR count). The van der Waals surface area contributed by atoms with E-state index in [1.54, 1.807) is 0 Å². The van der Waals surface area contributed by atoms with Gasteiger partial charge in [0.15, 0.2) is 0 Å². The number of allylic oxidation sites excluding steroid dienone is 5. The van der Waals surface area contributed by atoms with Gasteiger partial charge in [-0.1, -0.05) is 105 Å². The summed E-state index contributed by atoms with van der Waals surface area (Å²) in [6.45, 7) is 29.9. The third kappa shape index (κ3) is 4.49. The Morgan fingerprint density at radius 2 is 1.72 bits per heavy atom. The number of fused-ring (bicyclic) bond motifs is 1. The Morgan fingerprint density at radius 1 is 1.14 bits per heavy atom. The lowest BCUT2D eigenvalue weighted by Crippen LogP contribution is -2.46. The second-order valence-electron chi connectivity index (χ2n) is 10.9. The molecule has 6 atom stereocenters. The monoisotopic (exact) mass is 395 g/mol. The van der Waals surface area contributed by atoms with Crippen LogP contribution in [0.4, 0.5) is 0 Å². The summed E-state index contributed by atoms with van der Waals surface area (Å²) in [6.07, 6.45) is 12.9. The molecule has 2 aliphatic rings. The molecule has 1 N–H and O–H groups in total. The zero-order chi connectivity index (χ0) is 22.1. The van der Waals surface area contributed by atoms with E-state index in [0.29, 0.717) is 35.6 Å². The molecule has 1 nitrogen and oxygen atoms in total. The van der Waals surface area contributed by atoms with E-state index in [1.807, 2.05) is 0 Å². The third-order valence-corrected chi connectivity index (χ3v) is 8.54. The summed E-state index contributed by atoms with van der Waals surface area (Å²) in [5.41, 5.74) is 3.70. The molecule has 0 amide bonds. The lowest BCUT2D eigenvalue weighted by atomic mass is 9.57. The molecular formula is C28H45N. The fourth-order valence-electron chi connectivity index (χ4n) is 5.15. The maximum absolute atomic E-state index is 4.58. The minimum atomic E-state index is -0.0240. The molecule has 162 valence electrons. The lowest BCUT2D eigenvalue weighted by Gasteiger charge is -2.48. The number of hydrogen-bond donors (Lipinski definition) is 1. The highest BCUT2D eigenvalue weighted by molar-refractivity contribution is 5.35. The minimum absolute atomic E-state index is 0.0106. The fourth-order valence-corrected chi connectivity index (χ4v) is 5.15. The number of rotatable bonds is 4. The molecule has 1 fully saturated rings. The Morgan fingerprint density at radius 3 is 2.28 bits per heavy atom. The number of nitrogens with one attached hydrogen (secondary N) is 1. The highest BCUT2D eigenvalue weighted by atomic mass is 15.0. The molecular weight excluding hydrogens is 350 g/mol. The van der Waals surface area contributed by atoms with Gasteiger partial charge in [-0.25, -0.2) is 0 Å². The smallest absolute Gasteiger partial charge is 0.0386 e. The van der Waals surface area contributed by atoms with Crippen molar-refractivity contribution >= 4 is 0 Å². The van der Waals surface area contributed by atoms with Gasteiger partial charge in [0.25, 0.3) is 0 Å². The van der Waals surface area contributed by atoms with Gasteiger partial charge < -0.3 is 5.32 Å². The summed E-state index contributed by atoms with van der Waals surface area (Å²) in [4.78, 5) is 0. The molecule has 0 aromatic rings. The fraction of sp³-hybridized carbons (Fsp3) is 0.643. The summed E-state index contributed by atoms with van der Waals surface area (Å²) in [5, 5.41) is 4.01. The van der Waals surface area contributed by atoms with Crippen molar-refractivity contribution in [3.63, 3.8) is 0 Å². The largest absolute Gasteiger partial charge is 0.381 e. The van der Waals surface area contributed by atoms with Gasteiger partial charge in [0.1, 0.15) is 0 Å². The van der Waals surface area contributed by atoms with E-state index in [-0.39, 0.29) is 10.8 Å². The lowest BCUT2D eigenvalue weighted by molar-refractivity contribution is 0.123. The van der Waals surface area contributed by atoms with Crippen molar-refractivity contribution in [2.75, 3.05) is 0 Å². The standard InChI is InChI=1S/C28H45N/c1-18(2)27(9,10)28(11,19(3)4)17-25-23(8)21(6)16-22(7)24-15-13-12-14-20(5)26(24)29-25/h12-15,17,19-22,24,26,29H,1,8,16H2,2-7,9-11H3/b25-17+/t20-,21?,22?,24?,26?,28?/m1/s1. The summed E-state index contributed by atoms with van der Waals surface area (Å²) in [5.74, 6) is 2.58. The van der Waals surface area contributed by atoms with Crippen molar-refractivity contribution in [2.24, 2.45) is 40.4 Å². The van der Waals surface area contributed by atoms with Crippen LogP contribution in [0.1, 0.15) is 68.7 Å². The molecule has 1 heterocycles. The Kier molecular flexibility index (Phi) is 7.13. The van der Waals surface area contributed by atoms with Gasteiger partial charge in [-0.05, 0) is 53.4 Å². The first-order valence-electron chi connectivity index (χ1n) is 11.5. The zero-order valence-corrected chi connectivity index (χ0v) is 20.5. The van der Waals surface area contributed by atoms with Gasteiger partial charge in [0.2, 0.25) is 0 Å². The summed E-state index contributed by atoms with van der Waals surface area (Å²) in [6, 6.07) is 0.389. The van der Waals surface area contributed by atoms with Crippen LogP contribution in [0.2, 0.25) is 0 Å². The summed E-state index contributed by atoms with van der Waals surface area (Å²) >= 11 is 0. The van der Waals surface area contributed by atoms with E-state index in [4.69, 9.17) is 0 Å². The van der Waals surface area contributed by atoms with Gasteiger partial charge in [-0.3, -0.25) is 0 Å². The first-order chi connectivity index (χ1) is 13.3. The molecule has 5 unspecified atom stereocenters. The molecule has 0 aromatic heterocycles. The molecule has 1 aliphatic carbocycles. The van der Waals surface area contributed by atoms with Crippen LogP contribution in [0.15, 0.2) is 60.4 Å². The predicted octanol–water partition coefficient (Wildman–Crippen LogP) is 7.70. The van der Waals surface area contributed by atoms with Crippen molar-refractivity contribution in [2.45, 2.75) is 74.8 Å². The van der Waals surface area contributed by atoms with E-state index >= 15 is 0 Å². The van der Waals surface area contributed by atoms with Crippen LogP contribution < -0.4 is 5.32 Å². The van der Waals surface area contributed by atoms with Crippen molar-refractivity contribution in [3.05, 3.63) is 60.4 Å². The Balaban J connectivity index is 2.60. The first kappa shape index (κ1) is 23.8. The van der Waals surface area contributed by atoms with Crippen molar-refractivity contribution in [3.8, 4) is 0 Å². The van der Waals surface area contributed by atoms with E-state index < -0.39 is 0 Å². The molecule has 1 saturated heterocycles. The molecule has 0 aromatic carbocycles. The van der Waals surface area contributed by atoms with Gasteiger partial charge in [-0.15, -0.1) is 0 Å². The van der Waals surface area contributed by atoms with Crippen molar-refractivity contribution in [1.29, 1.82) is 0 Å². The van der Waals surface area contributed by atoms with E-state index in [2.05, 4.69) is 111 Å². The second kappa shape index (κ2) is 8.70. The predicted molar refractivity (Wildman–Crippen MR) is 130 cm³/mol. The van der Waals surface area contributed by atoms with Crippen LogP contribution in [0.3, 0.4) is 0 Å². The first-order valence-corrected chi connectivity index (χ1v) is 11.5. The van der Waals surface area contributed by atoms with Gasteiger partial charge >= 0.3 is 0 Å². The van der Waals surface area contributed by atoms with Gasteiger partial charge in [0.05, 0.1) is 0 Å². The maximum Gasteiger partial charge on any atom is 0.0386 e. The highest BCUT2D eigenvalue weighted by Crippen LogP contribution is 2.51. The summed E-state index contributed by atoms with van der Waals surface area (Å²) < 4.78 is 0. The quantitative estimate of drug-likeness (QED) is 0.481. The molecule has 0 spiro atoms. The Hall–Kier alpha value is -1.50. The van der Waals surface area contributed by atoms with Crippen LogP contribution in [-0.2, 0) is 0 Å². The highest BCUT2D eigenvalue weighted by Gasteiger charge is 2.43. The SMILES string of the molecule is C=C1/C(=C\C(C)(C(C)C)C(C)(C)C(=C)C)NC2C(C=CC=C[C@H]2C)C(C)CC1C. The van der Waals surface area contributed by atoms with Crippen molar-refractivity contribution < 1.29 is 0 Å². The van der Waals surface area contributed by atoms with Crippen LogP contribution in [0.5, 0.6) is 0 Å². The Bertz CT molecular complexity index is 717. The third-order valence-electron chi connectivity index (χ3n) is 8.54. The molecule has 1 heteroatoms. The average Bonchev–Trinajstić information content (AvgIpc) is 2.80. The van der Waals surface area contributed by atoms with Crippen molar-refractivity contribution in [1.82, 2.24) is 5.32 Å². The van der Waals surface area contributed by atoms with Crippen LogP contribution in [0.25, 0.3) is 0 Å². The number of hydrogen-bond acceptors (Lipinski definition) is 1. The molecule has 0 saturated carbocycles. The molecule has 29 heavy (non-hydrogen) atoms. The van der Waals surface area contributed by atoms with Gasteiger partial charge in [-0.2, -0.15) is 0 Å².